The van der Waals surface area contributed by atoms with E-state index in [-0.39, 0.29) is 5.92 Å². The van der Waals surface area contributed by atoms with Gasteiger partial charge in [0.1, 0.15) is 0 Å². The highest BCUT2D eigenvalue weighted by molar-refractivity contribution is 5.78. The zero-order chi connectivity index (χ0) is 9.84. The molecule has 13 heavy (non-hydrogen) atoms. The van der Waals surface area contributed by atoms with E-state index in [4.69, 9.17) is 0 Å². The van der Waals surface area contributed by atoms with Gasteiger partial charge in [0.05, 0.1) is 0 Å². The summed E-state index contributed by atoms with van der Waals surface area (Å²) in [6, 6.07) is 0.357. The summed E-state index contributed by atoms with van der Waals surface area (Å²) >= 11 is 0. The molecule has 1 aliphatic rings. The normalized spacial score (nSPS) is 25.8. The van der Waals surface area contributed by atoms with Crippen LogP contribution in [0.3, 0.4) is 0 Å². The van der Waals surface area contributed by atoms with Gasteiger partial charge in [-0.05, 0) is 13.3 Å². The highest BCUT2D eigenvalue weighted by Gasteiger charge is 2.25. The van der Waals surface area contributed by atoms with Crippen molar-refractivity contribution >= 4 is 5.91 Å². The van der Waals surface area contributed by atoms with E-state index in [2.05, 4.69) is 19.2 Å². The van der Waals surface area contributed by atoms with Crippen LogP contribution >= 0.6 is 0 Å². The van der Waals surface area contributed by atoms with Crippen molar-refractivity contribution in [2.75, 3.05) is 19.6 Å². The number of hydrogen-bond acceptors (Lipinski definition) is 2. The molecule has 0 unspecified atom stereocenters. The molecule has 3 nitrogen and oxygen atoms in total. The van der Waals surface area contributed by atoms with Crippen molar-refractivity contribution in [1.82, 2.24) is 10.2 Å². The molecule has 0 bridgehead atoms. The molecular formula is C10H20N2O. The molecule has 0 aromatic rings. The summed E-state index contributed by atoms with van der Waals surface area (Å²) in [4.78, 5) is 13.8. The molecule has 2 atom stereocenters. The average Bonchev–Trinajstić information content (AvgIpc) is 2.16. The summed E-state index contributed by atoms with van der Waals surface area (Å²) in [5.41, 5.74) is 0. The van der Waals surface area contributed by atoms with Gasteiger partial charge in [0.2, 0.25) is 5.91 Å². The van der Waals surface area contributed by atoms with E-state index in [1.807, 2.05) is 11.8 Å². The largest absolute Gasteiger partial charge is 0.337 e. The first kappa shape index (κ1) is 10.5. The predicted octanol–water partition coefficient (Wildman–Crippen LogP) is 0.853. The van der Waals surface area contributed by atoms with Gasteiger partial charge in [-0.2, -0.15) is 0 Å². The van der Waals surface area contributed by atoms with Gasteiger partial charge in [-0.1, -0.05) is 13.8 Å². The number of carbonyl (C=O) groups excluding carboxylic acids is 1. The molecule has 0 aromatic carbocycles. The maximum atomic E-state index is 11.8. The van der Waals surface area contributed by atoms with Crippen LogP contribution in [0.25, 0.3) is 0 Å². The second kappa shape index (κ2) is 4.61. The fourth-order valence-electron chi connectivity index (χ4n) is 1.63. The molecule has 1 N–H and O–H groups in total. The van der Waals surface area contributed by atoms with E-state index in [0.29, 0.717) is 11.9 Å². The fourth-order valence-corrected chi connectivity index (χ4v) is 1.63. The Kier molecular flexibility index (Phi) is 3.72. The van der Waals surface area contributed by atoms with E-state index in [1.165, 1.54) is 0 Å². The van der Waals surface area contributed by atoms with E-state index in [1.54, 1.807) is 0 Å². The van der Waals surface area contributed by atoms with Crippen molar-refractivity contribution in [1.29, 1.82) is 0 Å². The Balaban J connectivity index is 2.53. The van der Waals surface area contributed by atoms with Crippen molar-refractivity contribution in [3.8, 4) is 0 Å². The van der Waals surface area contributed by atoms with Crippen LogP contribution in [0.1, 0.15) is 27.2 Å². The highest BCUT2D eigenvalue weighted by Crippen LogP contribution is 2.11. The Hall–Kier alpha value is -0.570. The predicted molar refractivity (Wildman–Crippen MR) is 53.5 cm³/mol. The van der Waals surface area contributed by atoms with Gasteiger partial charge in [-0.25, -0.2) is 0 Å². The van der Waals surface area contributed by atoms with E-state index in [0.717, 1.165) is 26.1 Å². The van der Waals surface area contributed by atoms with Gasteiger partial charge in [0, 0.05) is 31.6 Å². The van der Waals surface area contributed by atoms with Crippen molar-refractivity contribution in [3.05, 3.63) is 0 Å². The first-order valence-corrected chi connectivity index (χ1v) is 5.18. The van der Waals surface area contributed by atoms with Crippen LogP contribution in [-0.4, -0.2) is 36.5 Å². The molecule has 0 aromatic heterocycles. The van der Waals surface area contributed by atoms with Gasteiger partial charge in [-0.15, -0.1) is 0 Å². The van der Waals surface area contributed by atoms with Gasteiger partial charge in [-0.3, -0.25) is 4.79 Å². The van der Waals surface area contributed by atoms with Crippen LogP contribution in [0.5, 0.6) is 0 Å². The summed E-state index contributed by atoms with van der Waals surface area (Å²) < 4.78 is 0. The first-order valence-electron chi connectivity index (χ1n) is 5.18. The zero-order valence-corrected chi connectivity index (χ0v) is 8.84. The molecule has 0 aliphatic carbocycles. The highest BCUT2D eigenvalue weighted by atomic mass is 16.2. The van der Waals surface area contributed by atoms with Crippen LogP contribution in [0, 0.1) is 5.92 Å². The number of rotatable bonds is 2. The lowest BCUT2D eigenvalue weighted by Crippen LogP contribution is -2.53. The summed E-state index contributed by atoms with van der Waals surface area (Å²) in [5, 5.41) is 3.28. The van der Waals surface area contributed by atoms with E-state index in [9.17, 15) is 4.79 Å². The van der Waals surface area contributed by atoms with E-state index < -0.39 is 0 Å². The van der Waals surface area contributed by atoms with Crippen LogP contribution in [-0.2, 0) is 4.79 Å². The standard InChI is InChI=1S/C10H20N2O/c1-4-8(2)10(13)12-6-5-11-7-9(12)3/h8-9,11H,4-7H2,1-3H3/t8-,9-/m0/s1. The van der Waals surface area contributed by atoms with Crippen LogP contribution in [0.4, 0.5) is 0 Å². The van der Waals surface area contributed by atoms with Gasteiger partial charge >= 0.3 is 0 Å². The number of nitrogens with zero attached hydrogens (tertiary/aromatic N) is 1. The second-order valence-corrected chi connectivity index (χ2v) is 3.89. The minimum atomic E-state index is 0.181. The monoisotopic (exact) mass is 184 g/mol. The van der Waals surface area contributed by atoms with Crippen LogP contribution in [0.15, 0.2) is 0 Å². The molecule has 1 heterocycles. The Labute approximate surface area is 80.5 Å². The molecule has 0 spiro atoms. The summed E-state index contributed by atoms with van der Waals surface area (Å²) in [7, 11) is 0. The molecule has 0 radical (unpaired) electrons. The molecular weight excluding hydrogens is 164 g/mol. The minimum absolute atomic E-state index is 0.181. The minimum Gasteiger partial charge on any atom is -0.337 e. The maximum absolute atomic E-state index is 11.8. The smallest absolute Gasteiger partial charge is 0.225 e. The Morgan fingerprint density at radius 1 is 1.69 bits per heavy atom. The zero-order valence-electron chi connectivity index (χ0n) is 8.84. The molecule has 1 saturated heterocycles. The average molecular weight is 184 g/mol. The Bertz CT molecular complexity index is 182. The lowest BCUT2D eigenvalue weighted by molar-refractivity contribution is -0.137. The van der Waals surface area contributed by atoms with E-state index >= 15 is 0 Å². The lowest BCUT2D eigenvalue weighted by Gasteiger charge is -2.35. The maximum Gasteiger partial charge on any atom is 0.225 e. The third-order valence-electron chi connectivity index (χ3n) is 2.82. The quantitative estimate of drug-likeness (QED) is 0.690. The summed E-state index contributed by atoms with van der Waals surface area (Å²) in [5.74, 6) is 0.497. The van der Waals surface area contributed by atoms with Crippen molar-refractivity contribution in [2.45, 2.75) is 33.2 Å². The number of piperazine rings is 1. The lowest BCUT2D eigenvalue weighted by atomic mass is 10.1. The number of carbonyl (C=O) groups is 1. The fraction of sp³-hybridized carbons (Fsp3) is 0.900. The molecule has 1 fully saturated rings. The van der Waals surface area contributed by atoms with Crippen molar-refractivity contribution < 1.29 is 4.79 Å². The molecule has 3 heteroatoms. The second-order valence-electron chi connectivity index (χ2n) is 3.89. The molecule has 1 rings (SSSR count). The summed E-state index contributed by atoms with van der Waals surface area (Å²) in [6.45, 7) is 8.91. The number of amides is 1. The van der Waals surface area contributed by atoms with Gasteiger partial charge in [0.15, 0.2) is 0 Å². The van der Waals surface area contributed by atoms with Crippen molar-refractivity contribution in [2.24, 2.45) is 5.92 Å². The molecule has 76 valence electrons. The Morgan fingerprint density at radius 2 is 2.38 bits per heavy atom. The molecule has 1 amide bonds. The molecule has 0 saturated carbocycles. The van der Waals surface area contributed by atoms with Crippen LogP contribution in [0.2, 0.25) is 0 Å². The van der Waals surface area contributed by atoms with Gasteiger partial charge < -0.3 is 10.2 Å². The SMILES string of the molecule is CC[C@H](C)C(=O)N1CCNC[C@@H]1C. The van der Waals surface area contributed by atoms with Crippen molar-refractivity contribution in [3.63, 3.8) is 0 Å². The first-order chi connectivity index (χ1) is 6.16. The third kappa shape index (κ3) is 2.44. The Morgan fingerprint density at radius 3 is 2.92 bits per heavy atom. The summed E-state index contributed by atoms with van der Waals surface area (Å²) in [6.07, 6.45) is 0.940. The number of nitrogens with one attached hydrogen (secondary N) is 1. The number of hydrogen-bond donors (Lipinski definition) is 1. The molecule has 1 aliphatic heterocycles. The topological polar surface area (TPSA) is 32.3 Å². The third-order valence-corrected chi connectivity index (χ3v) is 2.82. The van der Waals surface area contributed by atoms with Crippen LogP contribution < -0.4 is 5.32 Å². The van der Waals surface area contributed by atoms with Gasteiger partial charge in [0.25, 0.3) is 0 Å².